The molecule has 0 N–H and O–H groups in total. The van der Waals surface area contributed by atoms with E-state index in [2.05, 4.69) is 4.98 Å². The molecular weight excluding hydrogens is 251 g/mol. The summed E-state index contributed by atoms with van der Waals surface area (Å²) in [5.41, 5.74) is 0.342. The smallest absolute Gasteiger partial charge is 0.196 e. The third-order valence-corrected chi connectivity index (χ3v) is 2.76. The molecule has 1 nitrogen and oxygen atoms in total. The Labute approximate surface area is 101 Å². The van der Waals surface area contributed by atoms with Gasteiger partial charge in [-0.15, -0.1) is 0 Å². The molecule has 90 valence electrons. The van der Waals surface area contributed by atoms with E-state index < -0.39 is 17.5 Å². The lowest BCUT2D eigenvalue weighted by molar-refractivity contribution is 0.452. The highest BCUT2D eigenvalue weighted by atomic mass is 35.5. The van der Waals surface area contributed by atoms with E-state index in [1.54, 1.807) is 6.07 Å². The Balaban J connectivity index is 2.78. The van der Waals surface area contributed by atoms with E-state index in [1.807, 2.05) is 6.92 Å². The second-order valence-electron chi connectivity index (χ2n) is 3.73. The number of benzene rings is 1. The monoisotopic (exact) mass is 259 g/mol. The first kappa shape index (κ1) is 12.2. The summed E-state index contributed by atoms with van der Waals surface area (Å²) in [7, 11) is 0. The lowest BCUT2D eigenvalue weighted by Gasteiger charge is -2.06. The van der Waals surface area contributed by atoms with Gasteiger partial charge >= 0.3 is 0 Å². The summed E-state index contributed by atoms with van der Waals surface area (Å²) in [4.78, 5) is 3.96. The molecule has 1 aromatic heterocycles. The summed E-state index contributed by atoms with van der Waals surface area (Å²) < 4.78 is 39.6. The van der Waals surface area contributed by atoms with Crippen LogP contribution in [0.3, 0.4) is 0 Å². The van der Waals surface area contributed by atoms with Gasteiger partial charge in [0.25, 0.3) is 0 Å². The molecule has 2 rings (SSSR count). The molecule has 17 heavy (non-hydrogen) atoms. The van der Waals surface area contributed by atoms with E-state index in [9.17, 15) is 13.2 Å². The first-order valence-electron chi connectivity index (χ1n) is 5.17. The summed E-state index contributed by atoms with van der Waals surface area (Å²) in [6.45, 7) is 1.93. The van der Waals surface area contributed by atoms with Crippen molar-refractivity contribution < 1.29 is 13.2 Å². The highest BCUT2D eigenvalue weighted by Crippen LogP contribution is 2.28. The molecule has 0 saturated carbocycles. The maximum Gasteiger partial charge on any atom is 0.196 e. The first-order valence-corrected chi connectivity index (χ1v) is 5.55. The van der Waals surface area contributed by atoms with Crippen molar-refractivity contribution in [1.82, 2.24) is 4.98 Å². The highest BCUT2D eigenvalue weighted by Gasteiger charge is 2.17. The van der Waals surface area contributed by atoms with Gasteiger partial charge < -0.3 is 0 Å². The van der Waals surface area contributed by atoms with Crippen LogP contribution < -0.4 is 0 Å². The summed E-state index contributed by atoms with van der Waals surface area (Å²) in [6.07, 6.45) is 1.41. The SMILES string of the molecule is CCCc1cc(Cl)c2cc(F)c(F)c(F)c2n1. The molecule has 0 amide bonds. The van der Waals surface area contributed by atoms with E-state index in [0.29, 0.717) is 12.1 Å². The van der Waals surface area contributed by atoms with Crippen LogP contribution in [0.25, 0.3) is 10.9 Å². The first-order chi connectivity index (χ1) is 8.04. The molecule has 0 atom stereocenters. The zero-order valence-electron chi connectivity index (χ0n) is 9.03. The topological polar surface area (TPSA) is 12.9 Å². The number of fused-ring (bicyclic) bond motifs is 1. The van der Waals surface area contributed by atoms with Crippen molar-refractivity contribution in [2.75, 3.05) is 0 Å². The number of hydrogen-bond donors (Lipinski definition) is 0. The van der Waals surface area contributed by atoms with Gasteiger partial charge in [0.1, 0.15) is 5.52 Å². The summed E-state index contributed by atoms with van der Waals surface area (Å²) in [5, 5.41) is 0.263. The van der Waals surface area contributed by atoms with Crippen LogP contribution in [-0.2, 0) is 6.42 Å². The Bertz CT molecular complexity index is 584. The van der Waals surface area contributed by atoms with Gasteiger partial charge in [0.2, 0.25) is 0 Å². The lowest BCUT2D eigenvalue weighted by Crippen LogP contribution is -1.98. The molecule has 0 bridgehead atoms. The van der Waals surface area contributed by atoms with Gasteiger partial charge in [0.15, 0.2) is 17.5 Å². The van der Waals surface area contributed by atoms with Crippen LogP contribution in [0.2, 0.25) is 5.02 Å². The Hall–Kier alpha value is -1.29. The third kappa shape index (κ3) is 2.09. The highest BCUT2D eigenvalue weighted by molar-refractivity contribution is 6.35. The number of aryl methyl sites for hydroxylation is 1. The molecule has 0 spiro atoms. The molecule has 1 aromatic carbocycles. The average molecular weight is 260 g/mol. The minimum Gasteiger partial charge on any atom is -0.250 e. The number of aromatic nitrogens is 1. The number of rotatable bonds is 2. The normalized spacial score (nSPS) is 11.1. The van der Waals surface area contributed by atoms with Crippen molar-refractivity contribution in [3.8, 4) is 0 Å². The summed E-state index contributed by atoms with van der Waals surface area (Å²) in [5.74, 6) is -4.07. The van der Waals surface area contributed by atoms with Crippen LogP contribution in [-0.4, -0.2) is 4.98 Å². The zero-order chi connectivity index (χ0) is 12.6. The maximum absolute atomic E-state index is 13.5. The Morgan fingerprint density at radius 3 is 2.53 bits per heavy atom. The Kier molecular flexibility index (Phi) is 3.24. The molecule has 0 fully saturated rings. The standard InChI is InChI=1S/C12H9ClF3N/c1-2-3-6-4-8(13)7-5-9(14)10(15)11(16)12(7)17-6/h4-5H,2-3H2,1H3. The van der Waals surface area contributed by atoms with Crippen molar-refractivity contribution in [1.29, 1.82) is 0 Å². The fourth-order valence-electron chi connectivity index (χ4n) is 1.66. The van der Waals surface area contributed by atoms with E-state index in [4.69, 9.17) is 11.6 Å². The Morgan fingerprint density at radius 1 is 1.18 bits per heavy atom. The molecule has 0 aliphatic carbocycles. The van der Waals surface area contributed by atoms with Crippen molar-refractivity contribution in [3.05, 3.63) is 40.3 Å². The van der Waals surface area contributed by atoms with Crippen LogP contribution in [0, 0.1) is 17.5 Å². The maximum atomic E-state index is 13.5. The van der Waals surface area contributed by atoms with Crippen LogP contribution in [0.5, 0.6) is 0 Å². The summed E-state index contributed by atoms with van der Waals surface area (Å²) in [6, 6.07) is 2.41. The van der Waals surface area contributed by atoms with Gasteiger partial charge in [0.05, 0.1) is 5.02 Å². The quantitative estimate of drug-likeness (QED) is 0.735. The minimum absolute atomic E-state index is 0.0860. The lowest BCUT2D eigenvalue weighted by atomic mass is 10.1. The van der Waals surface area contributed by atoms with Gasteiger partial charge in [0, 0.05) is 11.1 Å². The number of hydrogen-bond acceptors (Lipinski definition) is 1. The fraction of sp³-hybridized carbons (Fsp3) is 0.250. The van der Waals surface area contributed by atoms with Crippen LogP contribution in [0.4, 0.5) is 13.2 Å². The molecular formula is C12H9ClF3N. The average Bonchev–Trinajstić information content (AvgIpc) is 2.29. The zero-order valence-corrected chi connectivity index (χ0v) is 9.78. The van der Waals surface area contributed by atoms with Gasteiger partial charge in [-0.3, -0.25) is 0 Å². The number of pyridine rings is 1. The fourth-order valence-corrected chi connectivity index (χ4v) is 1.93. The summed E-state index contributed by atoms with van der Waals surface area (Å²) >= 11 is 5.90. The Morgan fingerprint density at radius 2 is 1.88 bits per heavy atom. The molecule has 0 aliphatic heterocycles. The molecule has 0 aliphatic rings. The third-order valence-electron chi connectivity index (χ3n) is 2.45. The van der Waals surface area contributed by atoms with Gasteiger partial charge in [-0.1, -0.05) is 24.9 Å². The van der Waals surface area contributed by atoms with Crippen LogP contribution in [0.1, 0.15) is 19.0 Å². The largest absolute Gasteiger partial charge is 0.250 e. The van der Waals surface area contributed by atoms with Crippen LogP contribution >= 0.6 is 11.6 Å². The molecule has 5 heteroatoms. The molecule has 0 saturated heterocycles. The van der Waals surface area contributed by atoms with Crippen molar-refractivity contribution in [3.63, 3.8) is 0 Å². The number of halogens is 4. The molecule has 0 unspecified atom stereocenters. The van der Waals surface area contributed by atoms with Crippen molar-refractivity contribution >= 4 is 22.5 Å². The van der Waals surface area contributed by atoms with E-state index in [-0.39, 0.29) is 15.9 Å². The van der Waals surface area contributed by atoms with E-state index >= 15 is 0 Å². The predicted molar refractivity (Wildman–Crippen MR) is 60.6 cm³/mol. The van der Waals surface area contributed by atoms with Gasteiger partial charge in [-0.25, -0.2) is 18.2 Å². The second-order valence-corrected chi connectivity index (χ2v) is 4.14. The van der Waals surface area contributed by atoms with Crippen molar-refractivity contribution in [2.24, 2.45) is 0 Å². The van der Waals surface area contributed by atoms with Gasteiger partial charge in [-0.05, 0) is 18.6 Å². The van der Waals surface area contributed by atoms with E-state index in [1.165, 1.54) is 0 Å². The molecule has 1 heterocycles. The van der Waals surface area contributed by atoms with Crippen molar-refractivity contribution in [2.45, 2.75) is 19.8 Å². The minimum atomic E-state index is -1.52. The predicted octanol–water partition coefficient (Wildman–Crippen LogP) is 4.26. The van der Waals surface area contributed by atoms with E-state index in [0.717, 1.165) is 12.5 Å². The van der Waals surface area contributed by atoms with Gasteiger partial charge in [-0.2, -0.15) is 0 Å². The second kappa shape index (κ2) is 4.53. The molecule has 2 aromatic rings. The molecule has 0 radical (unpaired) electrons. The van der Waals surface area contributed by atoms with Crippen LogP contribution in [0.15, 0.2) is 12.1 Å². The number of nitrogens with zero attached hydrogens (tertiary/aromatic N) is 1.